The molecule has 0 saturated carbocycles. The summed E-state index contributed by atoms with van der Waals surface area (Å²) in [6, 6.07) is 6.79. The van der Waals surface area contributed by atoms with Crippen LogP contribution in [0.1, 0.15) is 11.1 Å². The summed E-state index contributed by atoms with van der Waals surface area (Å²) in [4.78, 5) is -0.175. The van der Waals surface area contributed by atoms with Gasteiger partial charge < -0.3 is 0 Å². The number of alkyl halides is 3. The molecule has 0 aromatic heterocycles. The number of hydrogen-bond acceptors (Lipinski definition) is 2. The Hall–Kier alpha value is -2.09. The summed E-state index contributed by atoms with van der Waals surface area (Å²) in [6.45, 7) is 1.41. The van der Waals surface area contributed by atoms with Crippen molar-refractivity contribution in [3.63, 3.8) is 0 Å². The first-order valence-electron chi connectivity index (χ1n) is 6.06. The Labute approximate surface area is 124 Å². The molecule has 0 saturated heterocycles. The molecule has 0 radical (unpaired) electrons. The molecule has 0 unspecified atom stereocenters. The number of sulfonamides is 1. The molecule has 0 bridgehead atoms. The molecule has 0 amide bonds. The molecule has 0 atom stereocenters. The summed E-state index contributed by atoms with van der Waals surface area (Å²) in [7, 11) is -4.00. The highest BCUT2D eigenvalue weighted by molar-refractivity contribution is 7.92. The molecule has 0 fully saturated rings. The van der Waals surface area contributed by atoms with Crippen LogP contribution in [0.25, 0.3) is 0 Å². The van der Waals surface area contributed by atoms with Crippen molar-refractivity contribution in [3.8, 4) is 0 Å². The first-order chi connectivity index (χ1) is 10.1. The molecule has 2 aromatic carbocycles. The van der Waals surface area contributed by atoms with Gasteiger partial charge >= 0.3 is 6.18 Å². The summed E-state index contributed by atoms with van der Waals surface area (Å²) in [6.07, 6.45) is -4.49. The zero-order valence-corrected chi connectivity index (χ0v) is 12.1. The van der Waals surface area contributed by atoms with Gasteiger partial charge in [0.05, 0.1) is 10.5 Å². The van der Waals surface area contributed by atoms with Crippen LogP contribution in [0, 0.1) is 12.7 Å². The van der Waals surface area contributed by atoms with Crippen LogP contribution in [0.2, 0.25) is 0 Å². The van der Waals surface area contributed by atoms with Gasteiger partial charge in [-0.3, -0.25) is 4.72 Å². The summed E-state index contributed by atoms with van der Waals surface area (Å²) in [5.74, 6) is -0.548. The van der Waals surface area contributed by atoms with Crippen molar-refractivity contribution < 1.29 is 26.0 Å². The van der Waals surface area contributed by atoms with Gasteiger partial charge in [0.2, 0.25) is 0 Å². The molecule has 3 nitrogen and oxygen atoms in total. The second-order valence-electron chi connectivity index (χ2n) is 4.59. The maximum atomic E-state index is 13.1. The fourth-order valence-corrected chi connectivity index (χ4v) is 2.87. The van der Waals surface area contributed by atoms with Gasteiger partial charge in [-0.15, -0.1) is 0 Å². The van der Waals surface area contributed by atoms with E-state index < -0.39 is 27.6 Å². The number of aryl methyl sites for hydroxylation is 1. The van der Waals surface area contributed by atoms with Gasteiger partial charge in [-0.05, 0) is 55.0 Å². The maximum absolute atomic E-state index is 13.1. The normalized spacial score (nSPS) is 12.2. The molecule has 2 aromatic rings. The van der Waals surface area contributed by atoms with E-state index in [-0.39, 0.29) is 16.1 Å². The molecular weight excluding hydrogens is 322 g/mol. The Kier molecular flexibility index (Phi) is 4.15. The summed E-state index contributed by atoms with van der Waals surface area (Å²) in [5.41, 5.74) is -0.752. The number of anilines is 1. The molecular formula is C14H11F4NO2S. The van der Waals surface area contributed by atoms with Crippen molar-refractivity contribution in [1.29, 1.82) is 0 Å². The van der Waals surface area contributed by atoms with Crippen LogP contribution in [0.15, 0.2) is 47.4 Å². The third-order valence-corrected chi connectivity index (χ3v) is 4.28. The SMILES string of the molecule is Cc1cc(S(=O)(=O)Nc2ccc(C(F)(F)F)cc2)ccc1F. The molecule has 0 aliphatic heterocycles. The molecule has 22 heavy (non-hydrogen) atoms. The van der Waals surface area contributed by atoms with Gasteiger partial charge in [0.25, 0.3) is 10.0 Å². The molecule has 2 rings (SSSR count). The number of rotatable bonds is 3. The largest absolute Gasteiger partial charge is 0.416 e. The summed E-state index contributed by atoms with van der Waals surface area (Å²) < 4.78 is 76.8. The summed E-state index contributed by atoms with van der Waals surface area (Å²) in [5, 5.41) is 0. The van der Waals surface area contributed by atoms with E-state index in [0.29, 0.717) is 0 Å². The predicted molar refractivity (Wildman–Crippen MR) is 73.4 cm³/mol. The lowest BCUT2D eigenvalue weighted by Crippen LogP contribution is -2.13. The van der Waals surface area contributed by atoms with E-state index in [1.807, 2.05) is 0 Å². The molecule has 1 N–H and O–H groups in total. The van der Waals surface area contributed by atoms with E-state index in [1.54, 1.807) is 0 Å². The van der Waals surface area contributed by atoms with E-state index in [0.717, 1.165) is 42.5 Å². The van der Waals surface area contributed by atoms with Crippen LogP contribution < -0.4 is 4.72 Å². The van der Waals surface area contributed by atoms with Crippen LogP contribution in [-0.4, -0.2) is 8.42 Å². The number of benzene rings is 2. The van der Waals surface area contributed by atoms with Gasteiger partial charge in [-0.25, -0.2) is 12.8 Å². The molecule has 0 spiro atoms. The van der Waals surface area contributed by atoms with Crippen molar-refractivity contribution in [1.82, 2.24) is 0 Å². The van der Waals surface area contributed by atoms with Crippen LogP contribution in [-0.2, 0) is 16.2 Å². The van der Waals surface area contributed by atoms with E-state index in [9.17, 15) is 26.0 Å². The standard InChI is InChI=1S/C14H11F4NO2S/c1-9-8-12(6-7-13(9)15)22(20,21)19-11-4-2-10(3-5-11)14(16,17)18/h2-8,19H,1H3. The Balaban J connectivity index is 2.27. The fourth-order valence-electron chi connectivity index (χ4n) is 1.73. The average molecular weight is 333 g/mol. The Morgan fingerprint density at radius 2 is 1.59 bits per heavy atom. The fraction of sp³-hybridized carbons (Fsp3) is 0.143. The highest BCUT2D eigenvalue weighted by atomic mass is 32.2. The highest BCUT2D eigenvalue weighted by Crippen LogP contribution is 2.30. The van der Waals surface area contributed by atoms with Crippen LogP contribution in [0.4, 0.5) is 23.2 Å². The van der Waals surface area contributed by atoms with Gasteiger partial charge in [0, 0.05) is 5.69 Å². The molecule has 8 heteroatoms. The zero-order chi connectivity index (χ0) is 16.5. The minimum Gasteiger partial charge on any atom is -0.280 e. The van der Waals surface area contributed by atoms with Gasteiger partial charge in [-0.2, -0.15) is 13.2 Å². The minimum atomic E-state index is -4.49. The maximum Gasteiger partial charge on any atom is 0.416 e. The summed E-state index contributed by atoms with van der Waals surface area (Å²) >= 11 is 0. The lowest BCUT2D eigenvalue weighted by Gasteiger charge is -2.11. The van der Waals surface area contributed by atoms with Crippen LogP contribution in [0.5, 0.6) is 0 Å². The highest BCUT2D eigenvalue weighted by Gasteiger charge is 2.30. The lowest BCUT2D eigenvalue weighted by atomic mass is 10.2. The Morgan fingerprint density at radius 3 is 2.09 bits per heavy atom. The topological polar surface area (TPSA) is 46.2 Å². The number of hydrogen-bond donors (Lipinski definition) is 1. The minimum absolute atomic E-state index is 0.0185. The Morgan fingerprint density at radius 1 is 1.00 bits per heavy atom. The van der Waals surface area contributed by atoms with Crippen LogP contribution in [0.3, 0.4) is 0 Å². The molecule has 118 valence electrons. The van der Waals surface area contributed by atoms with Crippen molar-refractivity contribution in [3.05, 3.63) is 59.4 Å². The third kappa shape index (κ3) is 3.56. The van der Waals surface area contributed by atoms with E-state index >= 15 is 0 Å². The van der Waals surface area contributed by atoms with Crippen molar-refractivity contribution in [2.45, 2.75) is 18.0 Å². The average Bonchev–Trinajstić information content (AvgIpc) is 2.41. The number of halogens is 4. The second kappa shape index (κ2) is 5.60. The smallest absolute Gasteiger partial charge is 0.280 e. The van der Waals surface area contributed by atoms with Gasteiger partial charge in [0.1, 0.15) is 5.82 Å². The second-order valence-corrected chi connectivity index (χ2v) is 6.27. The zero-order valence-electron chi connectivity index (χ0n) is 11.3. The van der Waals surface area contributed by atoms with Crippen molar-refractivity contribution in [2.75, 3.05) is 4.72 Å². The van der Waals surface area contributed by atoms with E-state index in [2.05, 4.69) is 4.72 Å². The van der Waals surface area contributed by atoms with Crippen LogP contribution >= 0.6 is 0 Å². The van der Waals surface area contributed by atoms with E-state index in [1.165, 1.54) is 6.92 Å². The van der Waals surface area contributed by atoms with Crippen molar-refractivity contribution >= 4 is 15.7 Å². The van der Waals surface area contributed by atoms with E-state index in [4.69, 9.17) is 0 Å². The molecule has 0 heterocycles. The van der Waals surface area contributed by atoms with Gasteiger partial charge in [0.15, 0.2) is 0 Å². The monoisotopic (exact) mass is 333 g/mol. The first-order valence-corrected chi connectivity index (χ1v) is 7.54. The Bertz CT molecular complexity index is 783. The third-order valence-electron chi connectivity index (χ3n) is 2.90. The molecule has 0 aliphatic carbocycles. The van der Waals surface area contributed by atoms with Crippen molar-refractivity contribution in [2.24, 2.45) is 0 Å². The predicted octanol–water partition coefficient (Wildman–Crippen LogP) is 3.95. The quantitative estimate of drug-likeness (QED) is 0.865. The first kappa shape index (κ1) is 16.3. The number of nitrogens with one attached hydrogen (secondary N) is 1. The lowest BCUT2D eigenvalue weighted by molar-refractivity contribution is -0.137. The molecule has 0 aliphatic rings. The van der Waals surface area contributed by atoms with Gasteiger partial charge in [-0.1, -0.05) is 0 Å².